The van der Waals surface area contributed by atoms with Gasteiger partial charge in [0.2, 0.25) is 5.91 Å². The molecule has 0 atom stereocenters. The third-order valence-corrected chi connectivity index (χ3v) is 2.30. The third kappa shape index (κ3) is 4.24. The van der Waals surface area contributed by atoms with Crippen molar-refractivity contribution in [3.63, 3.8) is 0 Å². The van der Waals surface area contributed by atoms with Gasteiger partial charge in [0.05, 0.1) is 13.1 Å². The number of Topliss-reactive ketones (excluding diaryl/α,β-unsaturated/α-hetero) is 1. The van der Waals surface area contributed by atoms with Gasteiger partial charge < -0.3 is 10.4 Å². The van der Waals surface area contributed by atoms with Crippen LogP contribution in [0, 0.1) is 0 Å². The molecule has 1 rings (SSSR count). The van der Waals surface area contributed by atoms with E-state index >= 15 is 0 Å². The molecule has 1 amide bonds. The Hall–Kier alpha value is -1.88. The molecule has 1 aromatic carbocycles. The first-order chi connectivity index (χ1) is 8.02. The number of hydrogen-bond acceptors (Lipinski definition) is 4. The number of amides is 1. The third-order valence-electron chi connectivity index (χ3n) is 2.30. The number of hydrogen-bond donors (Lipinski definition) is 2. The number of nitrogens with zero attached hydrogens (tertiary/aromatic N) is 1. The van der Waals surface area contributed by atoms with Gasteiger partial charge in [0.1, 0.15) is 5.75 Å². The van der Waals surface area contributed by atoms with Crippen LogP contribution >= 0.6 is 0 Å². The van der Waals surface area contributed by atoms with Crippen LogP contribution in [0.2, 0.25) is 0 Å². The quantitative estimate of drug-likeness (QED) is 0.719. The van der Waals surface area contributed by atoms with Gasteiger partial charge in [-0.3, -0.25) is 14.5 Å². The number of phenolic OH excluding ortho intramolecular Hbond substituents is 1. The fourth-order valence-electron chi connectivity index (χ4n) is 1.36. The van der Waals surface area contributed by atoms with Crippen LogP contribution in [0.1, 0.15) is 10.4 Å². The van der Waals surface area contributed by atoms with Crippen LogP contribution in [-0.4, -0.2) is 48.9 Å². The SMILES string of the molecule is CNC(=O)CN(C)CC(=O)c1ccc(O)cc1. The Labute approximate surface area is 100 Å². The van der Waals surface area contributed by atoms with Crippen LogP contribution in [0.4, 0.5) is 0 Å². The van der Waals surface area contributed by atoms with Gasteiger partial charge in [0.15, 0.2) is 5.78 Å². The molecule has 17 heavy (non-hydrogen) atoms. The van der Waals surface area contributed by atoms with E-state index in [4.69, 9.17) is 5.11 Å². The van der Waals surface area contributed by atoms with Gasteiger partial charge in [0, 0.05) is 12.6 Å². The Bertz CT molecular complexity index is 401. The second-order valence-electron chi connectivity index (χ2n) is 3.82. The van der Waals surface area contributed by atoms with Crippen molar-refractivity contribution in [1.29, 1.82) is 0 Å². The average molecular weight is 236 g/mol. The van der Waals surface area contributed by atoms with E-state index in [1.807, 2.05) is 0 Å². The van der Waals surface area contributed by atoms with E-state index < -0.39 is 0 Å². The summed E-state index contributed by atoms with van der Waals surface area (Å²) in [6, 6.07) is 6.05. The number of benzene rings is 1. The van der Waals surface area contributed by atoms with Crippen molar-refractivity contribution in [2.45, 2.75) is 0 Å². The lowest BCUT2D eigenvalue weighted by atomic mass is 10.1. The molecule has 92 valence electrons. The molecule has 5 nitrogen and oxygen atoms in total. The second-order valence-corrected chi connectivity index (χ2v) is 3.82. The first kappa shape index (κ1) is 13.2. The predicted octanol–water partition coefficient (Wildman–Crippen LogP) is 0.253. The van der Waals surface area contributed by atoms with Crippen LogP contribution in [0.15, 0.2) is 24.3 Å². The highest BCUT2D eigenvalue weighted by atomic mass is 16.3. The summed E-state index contributed by atoms with van der Waals surface area (Å²) in [4.78, 5) is 24.5. The molecule has 2 N–H and O–H groups in total. The van der Waals surface area contributed by atoms with Crippen LogP contribution in [0.25, 0.3) is 0 Å². The average Bonchev–Trinajstić information content (AvgIpc) is 2.29. The maximum absolute atomic E-state index is 11.8. The predicted molar refractivity (Wildman–Crippen MR) is 64.0 cm³/mol. The van der Waals surface area contributed by atoms with Crippen molar-refractivity contribution in [1.82, 2.24) is 10.2 Å². The number of carbonyl (C=O) groups is 2. The maximum atomic E-state index is 11.8. The molecule has 0 spiro atoms. The summed E-state index contributed by atoms with van der Waals surface area (Å²) in [6.45, 7) is 0.346. The zero-order valence-electron chi connectivity index (χ0n) is 9.93. The molecule has 0 fully saturated rings. The lowest BCUT2D eigenvalue weighted by molar-refractivity contribution is -0.121. The number of ketones is 1. The largest absolute Gasteiger partial charge is 0.508 e. The second kappa shape index (κ2) is 6.00. The molecule has 0 saturated carbocycles. The van der Waals surface area contributed by atoms with Crippen molar-refractivity contribution < 1.29 is 14.7 Å². The normalized spacial score (nSPS) is 10.3. The fraction of sp³-hybridized carbons (Fsp3) is 0.333. The summed E-state index contributed by atoms with van der Waals surface area (Å²) < 4.78 is 0. The lowest BCUT2D eigenvalue weighted by Crippen LogP contribution is -2.36. The van der Waals surface area contributed by atoms with Gasteiger partial charge >= 0.3 is 0 Å². The summed E-state index contributed by atoms with van der Waals surface area (Å²) in [7, 11) is 3.26. The van der Waals surface area contributed by atoms with E-state index in [2.05, 4.69) is 5.32 Å². The van der Waals surface area contributed by atoms with E-state index in [9.17, 15) is 9.59 Å². The number of likely N-dealkylation sites (N-methyl/N-ethyl adjacent to an activating group) is 2. The standard InChI is InChI=1S/C12H16N2O3/c1-13-12(17)8-14(2)7-11(16)9-3-5-10(15)6-4-9/h3-6,15H,7-8H2,1-2H3,(H,13,17). The van der Waals surface area contributed by atoms with E-state index in [1.165, 1.54) is 12.1 Å². The number of nitrogens with one attached hydrogen (secondary N) is 1. The van der Waals surface area contributed by atoms with Gasteiger partial charge in [0.25, 0.3) is 0 Å². The Morgan fingerprint density at radius 3 is 2.35 bits per heavy atom. The highest BCUT2D eigenvalue weighted by Crippen LogP contribution is 2.10. The van der Waals surface area contributed by atoms with E-state index in [0.29, 0.717) is 5.56 Å². The van der Waals surface area contributed by atoms with E-state index in [-0.39, 0.29) is 30.5 Å². The van der Waals surface area contributed by atoms with E-state index in [1.54, 1.807) is 31.1 Å². The molecule has 0 aliphatic rings. The van der Waals surface area contributed by atoms with Crippen molar-refractivity contribution in [2.75, 3.05) is 27.2 Å². The van der Waals surface area contributed by atoms with E-state index in [0.717, 1.165) is 0 Å². The summed E-state index contributed by atoms with van der Waals surface area (Å²) in [5, 5.41) is 11.6. The van der Waals surface area contributed by atoms with Crippen molar-refractivity contribution >= 4 is 11.7 Å². The minimum atomic E-state index is -0.133. The topological polar surface area (TPSA) is 69.6 Å². The fourth-order valence-corrected chi connectivity index (χ4v) is 1.36. The highest BCUT2D eigenvalue weighted by molar-refractivity contribution is 5.97. The molecule has 0 saturated heterocycles. The molecule has 0 bridgehead atoms. The number of aromatic hydroxyl groups is 1. The highest BCUT2D eigenvalue weighted by Gasteiger charge is 2.11. The first-order valence-corrected chi connectivity index (χ1v) is 5.24. The Kier molecular flexibility index (Phi) is 4.66. The number of carbonyl (C=O) groups excluding carboxylic acids is 2. The minimum absolute atomic E-state index is 0.0867. The van der Waals surface area contributed by atoms with Gasteiger partial charge in [-0.2, -0.15) is 0 Å². The van der Waals surface area contributed by atoms with Crippen molar-refractivity contribution in [3.05, 3.63) is 29.8 Å². The molecular weight excluding hydrogens is 220 g/mol. The summed E-state index contributed by atoms with van der Waals surface area (Å²) in [5.74, 6) is -0.0947. The smallest absolute Gasteiger partial charge is 0.233 e. The summed E-state index contributed by atoms with van der Waals surface area (Å²) in [6.07, 6.45) is 0. The number of rotatable bonds is 5. The first-order valence-electron chi connectivity index (χ1n) is 5.24. The molecule has 0 radical (unpaired) electrons. The summed E-state index contributed by atoms with van der Waals surface area (Å²) in [5.41, 5.74) is 0.520. The van der Waals surface area contributed by atoms with Crippen molar-refractivity contribution in [2.24, 2.45) is 0 Å². The van der Waals surface area contributed by atoms with Crippen LogP contribution < -0.4 is 5.32 Å². The maximum Gasteiger partial charge on any atom is 0.233 e. The molecule has 0 aliphatic carbocycles. The van der Waals surface area contributed by atoms with Crippen LogP contribution in [0.5, 0.6) is 5.75 Å². The lowest BCUT2D eigenvalue weighted by Gasteiger charge is -2.14. The van der Waals surface area contributed by atoms with Crippen LogP contribution in [0.3, 0.4) is 0 Å². The molecule has 0 aliphatic heterocycles. The minimum Gasteiger partial charge on any atom is -0.508 e. The Balaban J connectivity index is 2.54. The van der Waals surface area contributed by atoms with Gasteiger partial charge in [-0.05, 0) is 31.3 Å². The zero-order valence-corrected chi connectivity index (χ0v) is 9.93. The van der Waals surface area contributed by atoms with Gasteiger partial charge in [-0.25, -0.2) is 0 Å². The van der Waals surface area contributed by atoms with Gasteiger partial charge in [-0.15, -0.1) is 0 Å². The summed E-state index contributed by atoms with van der Waals surface area (Å²) >= 11 is 0. The van der Waals surface area contributed by atoms with Gasteiger partial charge in [-0.1, -0.05) is 0 Å². The number of phenols is 1. The molecular formula is C12H16N2O3. The molecule has 1 aromatic rings. The molecule has 0 heterocycles. The molecule has 5 heteroatoms. The Morgan fingerprint density at radius 2 is 1.82 bits per heavy atom. The monoisotopic (exact) mass is 236 g/mol. The Morgan fingerprint density at radius 1 is 1.24 bits per heavy atom. The molecule has 0 aromatic heterocycles. The molecule has 0 unspecified atom stereocenters. The van der Waals surface area contributed by atoms with Crippen molar-refractivity contribution in [3.8, 4) is 5.75 Å². The zero-order chi connectivity index (χ0) is 12.8. The van der Waals surface area contributed by atoms with Crippen LogP contribution in [-0.2, 0) is 4.79 Å².